The van der Waals surface area contributed by atoms with Gasteiger partial charge in [-0.15, -0.1) is 0 Å². The zero-order chi connectivity index (χ0) is 17.2. The SMILES string of the molecule is c1ccc(C[CH2][Al]([CH2]Cc2ccccc2)[CH2]Cc2ccccc2)cc1. The maximum Gasteiger partial charge on any atom is 0.262 e. The Morgan fingerprint density at radius 1 is 0.400 bits per heavy atom. The van der Waals surface area contributed by atoms with Gasteiger partial charge >= 0.3 is 0 Å². The van der Waals surface area contributed by atoms with Gasteiger partial charge in [-0.2, -0.15) is 0 Å². The Balaban J connectivity index is 1.56. The van der Waals surface area contributed by atoms with Crippen molar-refractivity contribution < 1.29 is 0 Å². The van der Waals surface area contributed by atoms with Crippen molar-refractivity contribution in [2.75, 3.05) is 0 Å². The molecule has 25 heavy (non-hydrogen) atoms. The van der Waals surface area contributed by atoms with Gasteiger partial charge in [-0.3, -0.25) is 0 Å². The third-order valence-electron chi connectivity index (χ3n) is 5.05. The van der Waals surface area contributed by atoms with E-state index in [0.29, 0.717) is 0 Å². The summed E-state index contributed by atoms with van der Waals surface area (Å²) in [6.07, 6.45) is 3.75. The first kappa shape index (κ1) is 18.0. The smallest absolute Gasteiger partial charge is 0.0898 e. The molecule has 0 aliphatic rings. The Kier molecular flexibility index (Phi) is 7.37. The van der Waals surface area contributed by atoms with E-state index < -0.39 is 14.1 Å². The first-order valence-corrected chi connectivity index (χ1v) is 12.0. The molecule has 3 aromatic rings. The van der Waals surface area contributed by atoms with E-state index in [1.807, 2.05) is 0 Å². The monoisotopic (exact) mass is 342 g/mol. The van der Waals surface area contributed by atoms with Gasteiger partial charge in [-0.25, -0.2) is 0 Å². The quantitative estimate of drug-likeness (QED) is 0.406. The molecule has 3 aromatic carbocycles. The van der Waals surface area contributed by atoms with Crippen LogP contribution in [0.15, 0.2) is 91.0 Å². The largest absolute Gasteiger partial charge is 0.262 e. The predicted molar refractivity (Wildman–Crippen MR) is 111 cm³/mol. The minimum absolute atomic E-state index is 0.743. The number of aryl methyl sites for hydroxylation is 3. The van der Waals surface area contributed by atoms with Crippen molar-refractivity contribution >= 4 is 14.1 Å². The number of benzene rings is 3. The van der Waals surface area contributed by atoms with Gasteiger partial charge in [-0.1, -0.05) is 107 Å². The Hall–Kier alpha value is -1.81. The normalized spacial score (nSPS) is 10.6. The van der Waals surface area contributed by atoms with Crippen molar-refractivity contribution in [1.29, 1.82) is 0 Å². The summed E-state index contributed by atoms with van der Waals surface area (Å²) in [6, 6.07) is 33.0. The lowest BCUT2D eigenvalue weighted by atomic mass is 10.2. The van der Waals surface area contributed by atoms with Crippen LogP contribution in [0.1, 0.15) is 16.7 Å². The van der Waals surface area contributed by atoms with Crippen LogP contribution in [0, 0.1) is 0 Å². The predicted octanol–water partition coefficient (Wildman–Crippen LogP) is 6.21. The summed E-state index contributed by atoms with van der Waals surface area (Å²) in [6.45, 7) is 0. The van der Waals surface area contributed by atoms with Gasteiger partial charge < -0.3 is 0 Å². The summed E-state index contributed by atoms with van der Waals surface area (Å²) in [5.74, 6) is 0. The third-order valence-corrected chi connectivity index (χ3v) is 8.37. The molecule has 0 bridgehead atoms. The molecule has 0 unspecified atom stereocenters. The van der Waals surface area contributed by atoms with Crippen molar-refractivity contribution in [3.63, 3.8) is 0 Å². The summed E-state index contributed by atoms with van der Waals surface area (Å²) in [5, 5.41) is 4.26. The first-order valence-electron chi connectivity index (χ1n) is 9.52. The summed E-state index contributed by atoms with van der Waals surface area (Å²) >= 11 is -0.743. The van der Waals surface area contributed by atoms with E-state index in [1.54, 1.807) is 0 Å². The molecule has 0 spiro atoms. The highest BCUT2D eigenvalue weighted by molar-refractivity contribution is 6.58. The molecule has 0 saturated heterocycles. The summed E-state index contributed by atoms with van der Waals surface area (Å²) in [7, 11) is 0. The van der Waals surface area contributed by atoms with Crippen LogP contribution < -0.4 is 0 Å². The molecule has 0 aliphatic carbocycles. The highest BCUT2D eigenvalue weighted by Gasteiger charge is 2.17. The van der Waals surface area contributed by atoms with Crippen LogP contribution in [0.5, 0.6) is 0 Å². The fourth-order valence-electron chi connectivity index (χ4n) is 3.48. The van der Waals surface area contributed by atoms with Crippen LogP contribution in [0.3, 0.4) is 0 Å². The number of hydrogen-bond donors (Lipinski definition) is 0. The van der Waals surface area contributed by atoms with Gasteiger partial charge in [0, 0.05) is 0 Å². The highest BCUT2D eigenvalue weighted by Crippen LogP contribution is 2.17. The molecule has 0 nitrogen and oxygen atoms in total. The second-order valence-corrected chi connectivity index (χ2v) is 10.4. The lowest BCUT2D eigenvalue weighted by molar-refractivity contribution is 1.00. The van der Waals surface area contributed by atoms with E-state index in [9.17, 15) is 0 Å². The van der Waals surface area contributed by atoms with Gasteiger partial charge in [0.2, 0.25) is 0 Å². The van der Waals surface area contributed by atoms with Crippen molar-refractivity contribution in [3.05, 3.63) is 108 Å². The van der Waals surface area contributed by atoms with Crippen LogP contribution in [-0.4, -0.2) is 14.1 Å². The molecule has 0 amide bonds. The van der Waals surface area contributed by atoms with Crippen LogP contribution in [0.2, 0.25) is 15.8 Å². The van der Waals surface area contributed by atoms with Gasteiger partial charge in [0.05, 0.1) is 0 Å². The van der Waals surface area contributed by atoms with Crippen molar-refractivity contribution in [2.24, 2.45) is 0 Å². The third kappa shape index (κ3) is 6.54. The average molecular weight is 342 g/mol. The van der Waals surface area contributed by atoms with Crippen LogP contribution in [0.25, 0.3) is 0 Å². The molecular formula is C24H27Al. The lowest BCUT2D eigenvalue weighted by Crippen LogP contribution is -2.15. The fraction of sp³-hybridized carbons (Fsp3) is 0.250. The van der Waals surface area contributed by atoms with Crippen molar-refractivity contribution in [1.82, 2.24) is 0 Å². The van der Waals surface area contributed by atoms with Crippen LogP contribution in [-0.2, 0) is 19.3 Å². The fourth-order valence-corrected chi connectivity index (χ4v) is 6.57. The molecular weight excluding hydrogens is 315 g/mol. The number of hydrogen-bond acceptors (Lipinski definition) is 0. The molecule has 0 heterocycles. The maximum absolute atomic E-state index is 2.28. The van der Waals surface area contributed by atoms with Crippen LogP contribution >= 0.6 is 0 Å². The minimum atomic E-state index is -0.743. The first-order chi connectivity index (χ1) is 12.4. The Morgan fingerprint density at radius 3 is 0.960 bits per heavy atom. The van der Waals surface area contributed by atoms with Crippen LogP contribution in [0.4, 0.5) is 0 Å². The topological polar surface area (TPSA) is 0 Å². The summed E-state index contributed by atoms with van der Waals surface area (Å²) in [4.78, 5) is 0. The standard InChI is InChI=1S/3C8H9.Al/c3*1-2-8-6-4-3-5-7-8;/h3*3-7H,1-2H2;. The molecule has 0 radical (unpaired) electrons. The molecule has 0 aliphatic heterocycles. The molecule has 0 aromatic heterocycles. The Bertz CT molecular complexity index is 603. The van der Waals surface area contributed by atoms with E-state index in [1.165, 1.54) is 51.8 Å². The second-order valence-electron chi connectivity index (χ2n) is 6.94. The average Bonchev–Trinajstić information content (AvgIpc) is 2.70. The molecule has 1 heteroatoms. The van der Waals surface area contributed by atoms with E-state index in [2.05, 4.69) is 91.0 Å². The molecule has 0 saturated carbocycles. The van der Waals surface area contributed by atoms with E-state index in [-0.39, 0.29) is 0 Å². The summed E-state index contributed by atoms with van der Waals surface area (Å²) in [5.41, 5.74) is 4.50. The van der Waals surface area contributed by atoms with E-state index in [0.717, 1.165) is 0 Å². The van der Waals surface area contributed by atoms with Crippen molar-refractivity contribution in [3.8, 4) is 0 Å². The Labute approximate surface area is 156 Å². The molecule has 0 atom stereocenters. The second kappa shape index (κ2) is 10.2. The molecule has 0 fully saturated rings. The molecule has 126 valence electrons. The molecule has 3 rings (SSSR count). The van der Waals surface area contributed by atoms with Gasteiger partial charge in [0.1, 0.15) is 0 Å². The van der Waals surface area contributed by atoms with Crippen molar-refractivity contribution in [2.45, 2.75) is 35.1 Å². The minimum Gasteiger partial charge on any atom is -0.0898 e. The highest BCUT2D eigenvalue weighted by atomic mass is 27.2. The van der Waals surface area contributed by atoms with Gasteiger partial charge in [0.25, 0.3) is 14.1 Å². The van der Waals surface area contributed by atoms with Gasteiger partial charge in [0.15, 0.2) is 0 Å². The lowest BCUT2D eigenvalue weighted by Gasteiger charge is -2.12. The van der Waals surface area contributed by atoms with Gasteiger partial charge in [-0.05, 0) is 36.0 Å². The number of rotatable bonds is 9. The zero-order valence-electron chi connectivity index (χ0n) is 15.0. The van der Waals surface area contributed by atoms with E-state index in [4.69, 9.17) is 0 Å². The van der Waals surface area contributed by atoms with E-state index >= 15 is 0 Å². The summed E-state index contributed by atoms with van der Waals surface area (Å²) < 4.78 is 0. The molecule has 0 N–H and O–H groups in total. The Morgan fingerprint density at radius 2 is 0.680 bits per heavy atom. The maximum atomic E-state index is 2.28. The zero-order valence-corrected chi connectivity index (χ0v) is 16.1.